The third-order valence-electron chi connectivity index (χ3n) is 4.90. The highest BCUT2D eigenvalue weighted by molar-refractivity contribution is 5.91. The van der Waals surface area contributed by atoms with E-state index in [1.165, 1.54) is 0 Å². The SMILES string of the molecule is CC(C)C(NC(=O)OC(C)(C)C)C(=O)NC(Cc1ccccc1)C(=O)N1CCCCN1. The molecule has 1 saturated heterocycles. The fourth-order valence-electron chi connectivity index (χ4n) is 3.35. The van der Waals surface area contributed by atoms with Crippen LogP contribution >= 0.6 is 0 Å². The molecule has 1 aliphatic heterocycles. The monoisotopic (exact) mass is 432 g/mol. The van der Waals surface area contributed by atoms with Gasteiger partial charge in [0.15, 0.2) is 0 Å². The predicted molar refractivity (Wildman–Crippen MR) is 119 cm³/mol. The molecule has 0 bridgehead atoms. The van der Waals surface area contributed by atoms with Crippen LogP contribution in [0.2, 0.25) is 0 Å². The van der Waals surface area contributed by atoms with Gasteiger partial charge in [-0.15, -0.1) is 0 Å². The lowest BCUT2D eigenvalue weighted by molar-refractivity contribution is -0.140. The van der Waals surface area contributed by atoms with Crippen LogP contribution in [-0.4, -0.2) is 53.7 Å². The average Bonchev–Trinajstić information content (AvgIpc) is 2.71. The molecule has 1 heterocycles. The van der Waals surface area contributed by atoms with E-state index >= 15 is 0 Å². The summed E-state index contributed by atoms with van der Waals surface area (Å²) < 4.78 is 5.30. The first kappa shape index (κ1) is 24.7. The summed E-state index contributed by atoms with van der Waals surface area (Å²) in [7, 11) is 0. The minimum absolute atomic E-state index is 0.184. The third kappa shape index (κ3) is 8.20. The summed E-state index contributed by atoms with van der Waals surface area (Å²) in [4.78, 5) is 38.5. The molecule has 0 spiro atoms. The van der Waals surface area contributed by atoms with Crippen LogP contribution < -0.4 is 16.1 Å². The number of hydrazine groups is 1. The molecule has 0 aliphatic carbocycles. The van der Waals surface area contributed by atoms with Crippen molar-refractivity contribution in [2.75, 3.05) is 13.1 Å². The van der Waals surface area contributed by atoms with E-state index in [4.69, 9.17) is 4.74 Å². The van der Waals surface area contributed by atoms with Crippen LogP contribution in [0.25, 0.3) is 0 Å². The smallest absolute Gasteiger partial charge is 0.408 e. The van der Waals surface area contributed by atoms with Crippen molar-refractivity contribution in [2.24, 2.45) is 5.92 Å². The molecule has 8 nitrogen and oxygen atoms in total. The van der Waals surface area contributed by atoms with Gasteiger partial charge in [0.1, 0.15) is 17.7 Å². The molecule has 2 rings (SSSR count). The van der Waals surface area contributed by atoms with Gasteiger partial charge in [-0.3, -0.25) is 14.6 Å². The lowest BCUT2D eigenvalue weighted by Gasteiger charge is -2.32. The van der Waals surface area contributed by atoms with Crippen molar-refractivity contribution < 1.29 is 19.1 Å². The highest BCUT2D eigenvalue weighted by atomic mass is 16.6. The van der Waals surface area contributed by atoms with Crippen molar-refractivity contribution in [3.05, 3.63) is 35.9 Å². The van der Waals surface area contributed by atoms with Crippen molar-refractivity contribution >= 4 is 17.9 Å². The van der Waals surface area contributed by atoms with Gasteiger partial charge in [0.25, 0.3) is 5.91 Å². The first-order valence-corrected chi connectivity index (χ1v) is 11.0. The molecule has 0 aromatic heterocycles. The summed E-state index contributed by atoms with van der Waals surface area (Å²) in [6.07, 6.45) is 1.62. The van der Waals surface area contributed by atoms with Crippen LogP contribution in [0.15, 0.2) is 30.3 Å². The van der Waals surface area contributed by atoms with E-state index in [1.807, 2.05) is 44.2 Å². The van der Waals surface area contributed by atoms with E-state index in [0.717, 1.165) is 24.9 Å². The summed E-state index contributed by atoms with van der Waals surface area (Å²) in [5.74, 6) is -0.781. The maximum atomic E-state index is 13.2. The molecule has 1 aromatic carbocycles. The van der Waals surface area contributed by atoms with Crippen molar-refractivity contribution in [3.63, 3.8) is 0 Å². The number of carbonyl (C=O) groups is 3. The second-order valence-corrected chi connectivity index (χ2v) is 9.22. The van der Waals surface area contributed by atoms with Gasteiger partial charge in [-0.2, -0.15) is 0 Å². The molecule has 172 valence electrons. The molecule has 0 radical (unpaired) electrons. The van der Waals surface area contributed by atoms with Gasteiger partial charge in [-0.1, -0.05) is 44.2 Å². The molecule has 8 heteroatoms. The first-order valence-electron chi connectivity index (χ1n) is 11.0. The van der Waals surface area contributed by atoms with Crippen LogP contribution in [-0.2, 0) is 20.7 Å². The molecule has 2 atom stereocenters. The zero-order chi connectivity index (χ0) is 23.0. The number of hydrogen-bond donors (Lipinski definition) is 3. The summed E-state index contributed by atoms with van der Waals surface area (Å²) in [6, 6.07) is 7.99. The van der Waals surface area contributed by atoms with Crippen molar-refractivity contribution in [2.45, 2.75) is 71.6 Å². The van der Waals surface area contributed by atoms with Crippen molar-refractivity contribution in [1.29, 1.82) is 0 Å². The summed E-state index contributed by atoms with van der Waals surface area (Å²) in [6.45, 7) is 10.3. The van der Waals surface area contributed by atoms with Crippen molar-refractivity contribution in [3.8, 4) is 0 Å². The van der Waals surface area contributed by atoms with Gasteiger partial charge < -0.3 is 15.4 Å². The Labute approximate surface area is 185 Å². The number of amides is 3. The van der Waals surface area contributed by atoms with Crippen LogP contribution in [0.3, 0.4) is 0 Å². The van der Waals surface area contributed by atoms with Crippen LogP contribution in [0.1, 0.15) is 53.0 Å². The molecule has 1 aliphatic rings. The molecule has 31 heavy (non-hydrogen) atoms. The van der Waals surface area contributed by atoms with E-state index < -0.39 is 29.7 Å². The van der Waals surface area contributed by atoms with Gasteiger partial charge in [-0.25, -0.2) is 10.2 Å². The average molecular weight is 433 g/mol. The van der Waals surface area contributed by atoms with E-state index in [-0.39, 0.29) is 11.8 Å². The molecule has 1 aromatic rings. The topological polar surface area (TPSA) is 99.8 Å². The summed E-state index contributed by atoms with van der Waals surface area (Å²) in [5.41, 5.74) is 3.38. The Kier molecular flexibility index (Phi) is 8.86. The van der Waals surface area contributed by atoms with Crippen LogP contribution in [0.4, 0.5) is 4.79 Å². The molecular formula is C23H36N4O4. The number of ether oxygens (including phenoxy) is 1. The Morgan fingerprint density at radius 3 is 2.32 bits per heavy atom. The van der Waals surface area contributed by atoms with Gasteiger partial charge in [0.05, 0.1) is 0 Å². The van der Waals surface area contributed by atoms with Gasteiger partial charge in [-0.05, 0) is 45.1 Å². The molecule has 3 N–H and O–H groups in total. The van der Waals surface area contributed by atoms with Gasteiger partial charge >= 0.3 is 6.09 Å². The lowest BCUT2D eigenvalue weighted by atomic mass is 10.0. The minimum Gasteiger partial charge on any atom is -0.444 e. The van der Waals surface area contributed by atoms with E-state index in [0.29, 0.717) is 13.0 Å². The molecule has 1 fully saturated rings. The highest BCUT2D eigenvalue weighted by Crippen LogP contribution is 2.12. The standard InChI is InChI=1S/C23H36N4O4/c1-16(2)19(26-22(30)31-23(3,4)5)20(28)25-18(15-17-11-7-6-8-12-17)21(29)27-14-10-9-13-24-27/h6-8,11-12,16,18-19,24H,9-10,13-15H2,1-5H3,(H,25,28)(H,26,30). The van der Waals surface area contributed by atoms with Crippen LogP contribution in [0.5, 0.6) is 0 Å². The number of hydrogen-bond acceptors (Lipinski definition) is 5. The second-order valence-electron chi connectivity index (χ2n) is 9.22. The number of nitrogens with zero attached hydrogens (tertiary/aromatic N) is 1. The maximum absolute atomic E-state index is 13.2. The Balaban J connectivity index is 2.14. The summed E-state index contributed by atoms with van der Waals surface area (Å²) in [5, 5.41) is 7.10. The fourth-order valence-corrected chi connectivity index (χ4v) is 3.35. The highest BCUT2D eigenvalue weighted by Gasteiger charge is 2.32. The minimum atomic E-state index is -0.824. The zero-order valence-electron chi connectivity index (χ0n) is 19.2. The normalized spacial score (nSPS) is 16.4. The number of alkyl carbamates (subject to hydrolysis) is 1. The number of benzene rings is 1. The van der Waals surface area contributed by atoms with Crippen LogP contribution in [0, 0.1) is 5.92 Å². The molecule has 2 unspecified atom stereocenters. The quantitative estimate of drug-likeness (QED) is 0.614. The molecular weight excluding hydrogens is 396 g/mol. The second kappa shape index (κ2) is 11.1. The maximum Gasteiger partial charge on any atom is 0.408 e. The zero-order valence-corrected chi connectivity index (χ0v) is 19.2. The largest absolute Gasteiger partial charge is 0.444 e. The molecule has 0 saturated carbocycles. The summed E-state index contributed by atoms with van der Waals surface area (Å²) >= 11 is 0. The number of carbonyl (C=O) groups excluding carboxylic acids is 3. The molecule has 3 amide bonds. The number of nitrogens with one attached hydrogen (secondary N) is 3. The Bertz CT molecular complexity index is 740. The van der Waals surface area contributed by atoms with E-state index in [1.54, 1.807) is 25.8 Å². The Morgan fingerprint density at radius 1 is 1.10 bits per heavy atom. The first-order chi connectivity index (χ1) is 14.6. The van der Waals surface area contributed by atoms with E-state index in [2.05, 4.69) is 16.1 Å². The Morgan fingerprint density at radius 2 is 1.77 bits per heavy atom. The predicted octanol–water partition coefficient (Wildman–Crippen LogP) is 2.39. The number of rotatable bonds is 7. The Hall–Kier alpha value is -2.61. The van der Waals surface area contributed by atoms with Gasteiger partial charge in [0.2, 0.25) is 5.91 Å². The fraction of sp³-hybridized carbons (Fsp3) is 0.609. The third-order valence-corrected chi connectivity index (χ3v) is 4.90. The van der Waals surface area contributed by atoms with Gasteiger partial charge in [0, 0.05) is 19.5 Å². The lowest BCUT2D eigenvalue weighted by Crippen LogP contribution is -2.59. The van der Waals surface area contributed by atoms with Crippen molar-refractivity contribution in [1.82, 2.24) is 21.1 Å². The van der Waals surface area contributed by atoms with E-state index in [9.17, 15) is 14.4 Å².